The molecule has 0 aromatic rings. The van der Waals surface area contributed by atoms with Gasteiger partial charge < -0.3 is 5.11 Å². The maximum absolute atomic E-state index is 10.9. The van der Waals surface area contributed by atoms with Crippen molar-refractivity contribution in [1.82, 2.24) is 0 Å². The molecule has 13 heavy (non-hydrogen) atoms. The van der Waals surface area contributed by atoms with Crippen molar-refractivity contribution in [2.24, 2.45) is 11.1 Å². The Bertz CT molecular complexity index is 290. The largest absolute Gasteiger partial charge is 0.481 e. The number of nitrogens with two attached hydrogens (primary N) is 1. The number of hydrogen-bond donors (Lipinski definition) is 2. The van der Waals surface area contributed by atoms with Gasteiger partial charge in [0.05, 0.1) is 11.2 Å². The first-order valence-electron chi connectivity index (χ1n) is 4.15. The van der Waals surface area contributed by atoms with Crippen LogP contribution in [0, 0.1) is 5.92 Å². The molecule has 1 rings (SSSR count). The molecular formula is C7H13NO4S. The summed E-state index contributed by atoms with van der Waals surface area (Å²) in [5.41, 5.74) is 0. The summed E-state index contributed by atoms with van der Waals surface area (Å²) < 4.78 is 21.8. The average molecular weight is 207 g/mol. The van der Waals surface area contributed by atoms with Gasteiger partial charge in [0.2, 0.25) is 10.0 Å². The third-order valence-electron chi connectivity index (χ3n) is 2.49. The summed E-state index contributed by atoms with van der Waals surface area (Å²) in [6.07, 6.45) is 1.57. The molecule has 76 valence electrons. The van der Waals surface area contributed by atoms with Gasteiger partial charge in [-0.05, 0) is 25.7 Å². The van der Waals surface area contributed by atoms with Gasteiger partial charge in [-0.15, -0.1) is 0 Å². The van der Waals surface area contributed by atoms with Gasteiger partial charge in [-0.2, -0.15) is 0 Å². The number of hydrogen-bond acceptors (Lipinski definition) is 3. The van der Waals surface area contributed by atoms with Gasteiger partial charge in [0.25, 0.3) is 0 Å². The lowest BCUT2D eigenvalue weighted by molar-refractivity contribution is -0.142. The summed E-state index contributed by atoms with van der Waals surface area (Å²) in [6, 6.07) is 0. The second-order valence-electron chi connectivity index (χ2n) is 3.40. The smallest absolute Gasteiger partial charge is 0.306 e. The highest BCUT2D eigenvalue weighted by Crippen LogP contribution is 2.27. The van der Waals surface area contributed by atoms with E-state index in [0.717, 1.165) is 0 Å². The van der Waals surface area contributed by atoms with Gasteiger partial charge in [-0.25, -0.2) is 13.6 Å². The quantitative estimate of drug-likeness (QED) is 0.661. The number of carboxylic acids is 1. The van der Waals surface area contributed by atoms with E-state index in [-0.39, 0.29) is 0 Å². The van der Waals surface area contributed by atoms with E-state index in [0.29, 0.717) is 25.7 Å². The maximum Gasteiger partial charge on any atom is 0.306 e. The third kappa shape index (κ3) is 2.67. The Morgan fingerprint density at radius 1 is 1.23 bits per heavy atom. The molecule has 6 heteroatoms. The zero-order valence-electron chi connectivity index (χ0n) is 7.14. The highest BCUT2D eigenvalue weighted by molar-refractivity contribution is 7.89. The highest BCUT2D eigenvalue weighted by atomic mass is 32.2. The first-order valence-corrected chi connectivity index (χ1v) is 5.76. The van der Waals surface area contributed by atoms with Gasteiger partial charge in [-0.3, -0.25) is 4.79 Å². The molecule has 0 saturated heterocycles. The van der Waals surface area contributed by atoms with E-state index in [1.165, 1.54) is 0 Å². The van der Waals surface area contributed by atoms with Crippen molar-refractivity contribution >= 4 is 16.0 Å². The van der Waals surface area contributed by atoms with Crippen LogP contribution in [-0.2, 0) is 14.8 Å². The van der Waals surface area contributed by atoms with Crippen LogP contribution in [0.3, 0.4) is 0 Å². The van der Waals surface area contributed by atoms with E-state index in [1.807, 2.05) is 0 Å². The van der Waals surface area contributed by atoms with Gasteiger partial charge in [-0.1, -0.05) is 0 Å². The van der Waals surface area contributed by atoms with Crippen molar-refractivity contribution in [3.8, 4) is 0 Å². The fraction of sp³-hybridized carbons (Fsp3) is 0.857. The van der Waals surface area contributed by atoms with Crippen molar-refractivity contribution in [1.29, 1.82) is 0 Å². The topological polar surface area (TPSA) is 97.5 Å². The van der Waals surface area contributed by atoms with E-state index in [4.69, 9.17) is 10.2 Å². The van der Waals surface area contributed by atoms with Crippen molar-refractivity contribution < 1.29 is 18.3 Å². The minimum atomic E-state index is -3.47. The second kappa shape index (κ2) is 3.63. The monoisotopic (exact) mass is 207 g/mol. The minimum absolute atomic E-state index is 0.371. The molecule has 0 heterocycles. The molecule has 0 atom stereocenters. The third-order valence-corrected chi connectivity index (χ3v) is 3.89. The Hall–Kier alpha value is -0.620. The second-order valence-corrected chi connectivity index (χ2v) is 5.25. The van der Waals surface area contributed by atoms with E-state index in [2.05, 4.69) is 0 Å². The molecule has 0 aliphatic heterocycles. The van der Waals surface area contributed by atoms with E-state index in [1.54, 1.807) is 0 Å². The highest BCUT2D eigenvalue weighted by Gasteiger charge is 2.31. The van der Waals surface area contributed by atoms with Crippen LogP contribution >= 0.6 is 0 Å². The van der Waals surface area contributed by atoms with Crippen molar-refractivity contribution in [2.45, 2.75) is 30.9 Å². The SMILES string of the molecule is NS(=O)(=O)C1CCC(C(=O)O)CC1. The molecule has 1 saturated carbocycles. The molecule has 0 aromatic heterocycles. The summed E-state index contributed by atoms with van der Waals surface area (Å²) in [4.78, 5) is 10.5. The van der Waals surface area contributed by atoms with Crippen molar-refractivity contribution in [3.63, 3.8) is 0 Å². The van der Waals surface area contributed by atoms with Crippen LogP contribution in [0.15, 0.2) is 0 Å². The number of carbonyl (C=O) groups is 1. The molecular weight excluding hydrogens is 194 g/mol. The summed E-state index contributed by atoms with van der Waals surface area (Å²) in [6.45, 7) is 0. The molecule has 3 N–H and O–H groups in total. The number of aliphatic carboxylic acids is 1. The van der Waals surface area contributed by atoms with E-state index in [9.17, 15) is 13.2 Å². The van der Waals surface area contributed by atoms with Crippen LogP contribution in [0.1, 0.15) is 25.7 Å². The molecule has 0 radical (unpaired) electrons. The molecule has 1 aliphatic carbocycles. The Labute approximate surface area is 77.0 Å². The molecule has 1 fully saturated rings. The normalized spacial score (nSPS) is 29.9. The van der Waals surface area contributed by atoms with E-state index < -0.39 is 27.2 Å². The Morgan fingerprint density at radius 2 is 1.69 bits per heavy atom. The minimum Gasteiger partial charge on any atom is -0.481 e. The van der Waals surface area contributed by atoms with Gasteiger partial charge >= 0.3 is 5.97 Å². The fourth-order valence-corrected chi connectivity index (χ4v) is 2.57. The Kier molecular flexibility index (Phi) is 2.92. The van der Waals surface area contributed by atoms with Crippen LogP contribution in [-0.4, -0.2) is 24.7 Å². The zero-order valence-corrected chi connectivity index (χ0v) is 7.96. The molecule has 1 aliphatic rings. The van der Waals surface area contributed by atoms with Crippen LogP contribution in [0.4, 0.5) is 0 Å². The lowest BCUT2D eigenvalue weighted by Gasteiger charge is -2.24. The average Bonchev–Trinajstić information content (AvgIpc) is 2.03. The standard InChI is InChI=1S/C7H13NO4S/c8-13(11,12)6-3-1-5(2-4-6)7(9)10/h5-6H,1-4H2,(H,9,10)(H2,8,11,12). The fourth-order valence-electron chi connectivity index (χ4n) is 1.64. The van der Waals surface area contributed by atoms with Crippen LogP contribution in [0.25, 0.3) is 0 Å². The van der Waals surface area contributed by atoms with Crippen molar-refractivity contribution in [3.05, 3.63) is 0 Å². The van der Waals surface area contributed by atoms with Gasteiger partial charge in [0.1, 0.15) is 0 Å². The first-order chi connectivity index (χ1) is 5.91. The maximum atomic E-state index is 10.9. The zero-order chi connectivity index (χ0) is 10.1. The van der Waals surface area contributed by atoms with Crippen LogP contribution < -0.4 is 5.14 Å². The molecule has 0 amide bonds. The van der Waals surface area contributed by atoms with Gasteiger partial charge in [0, 0.05) is 0 Å². The first kappa shape index (κ1) is 10.5. The lowest BCUT2D eigenvalue weighted by atomic mass is 9.89. The van der Waals surface area contributed by atoms with Crippen LogP contribution in [0.5, 0.6) is 0 Å². The Balaban J connectivity index is 2.53. The van der Waals surface area contributed by atoms with Crippen LogP contribution in [0.2, 0.25) is 0 Å². The number of rotatable bonds is 2. The molecule has 0 spiro atoms. The molecule has 0 bridgehead atoms. The summed E-state index contributed by atoms with van der Waals surface area (Å²) in [5, 5.41) is 13.1. The Morgan fingerprint density at radius 3 is 2.00 bits per heavy atom. The summed E-state index contributed by atoms with van der Waals surface area (Å²) in [7, 11) is -3.47. The number of carboxylic acid groups (broad SMARTS) is 1. The predicted octanol–water partition coefficient (Wildman–Crippen LogP) is -0.0817. The lowest BCUT2D eigenvalue weighted by Crippen LogP contribution is -2.34. The summed E-state index contributed by atoms with van der Waals surface area (Å²) >= 11 is 0. The summed E-state index contributed by atoms with van der Waals surface area (Å²) in [5.74, 6) is -1.23. The number of primary sulfonamides is 1. The molecule has 0 aromatic carbocycles. The van der Waals surface area contributed by atoms with E-state index >= 15 is 0 Å². The van der Waals surface area contributed by atoms with Gasteiger partial charge in [0.15, 0.2) is 0 Å². The van der Waals surface area contributed by atoms with Crippen molar-refractivity contribution in [2.75, 3.05) is 0 Å². The molecule has 5 nitrogen and oxygen atoms in total. The molecule has 0 unspecified atom stereocenters. The number of sulfonamides is 1. The predicted molar refractivity (Wildman–Crippen MR) is 46.5 cm³/mol.